The van der Waals surface area contributed by atoms with Gasteiger partial charge in [0.05, 0.1) is 19.9 Å². The summed E-state index contributed by atoms with van der Waals surface area (Å²) in [6.07, 6.45) is 5.34. The first kappa shape index (κ1) is 27.1. The van der Waals surface area contributed by atoms with E-state index in [1.54, 1.807) is 14.2 Å². The molecule has 0 saturated carbocycles. The smallest absolute Gasteiger partial charge is 0.328 e. The lowest BCUT2D eigenvalue weighted by atomic mass is 10.0. The largest absolute Gasteiger partial charge is 0.496 e. The molecule has 38 heavy (non-hydrogen) atoms. The van der Waals surface area contributed by atoms with Crippen LogP contribution < -0.4 is 29.2 Å². The molecule has 10 nitrogen and oxygen atoms in total. The lowest BCUT2D eigenvalue weighted by Gasteiger charge is -2.36. The van der Waals surface area contributed by atoms with Gasteiger partial charge in [-0.25, -0.2) is 9.59 Å². The molecule has 0 unspecified atom stereocenters. The summed E-state index contributed by atoms with van der Waals surface area (Å²) in [5.74, 6) is 1.20. The molecule has 3 N–H and O–H groups in total. The fraction of sp³-hybridized carbons (Fsp3) is 0.429. The van der Waals surface area contributed by atoms with Crippen molar-refractivity contribution in [1.29, 1.82) is 0 Å². The van der Waals surface area contributed by atoms with Crippen LogP contribution in [0.5, 0.6) is 23.0 Å². The highest BCUT2D eigenvalue weighted by Crippen LogP contribution is 2.41. The SMILES string of the molecule is COc1ccc(OC)c2c1CC(NC1CCN(c3cccc4c3OCCO4)CC1)C2.O=C(O)/C=C/C(=O)O. The van der Waals surface area contributed by atoms with Crippen molar-refractivity contribution >= 4 is 17.6 Å². The van der Waals surface area contributed by atoms with Crippen molar-refractivity contribution in [2.45, 2.75) is 37.8 Å². The maximum Gasteiger partial charge on any atom is 0.328 e. The topological polar surface area (TPSA) is 127 Å². The van der Waals surface area contributed by atoms with Crippen LogP contribution in [0.2, 0.25) is 0 Å². The van der Waals surface area contributed by atoms with Gasteiger partial charge in [-0.15, -0.1) is 0 Å². The van der Waals surface area contributed by atoms with Crippen molar-refractivity contribution < 1.29 is 38.7 Å². The molecule has 0 radical (unpaired) electrons. The molecule has 5 rings (SSSR count). The number of fused-ring (bicyclic) bond motifs is 2. The Balaban J connectivity index is 0.000000368. The van der Waals surface area contributed by atoms with Gasteiger partial charge in [-0.2, -0.15) is 0 Å². The predicted octanol–water partition coefficient (Wildman–Crippen LogP) is 2.91. The maximum atomic E-state index is 9.55. The average molecular weight is 527 g/mol. The summed E-state index contributed by atoms with van der Waals surface area (Å²) in [6.45, 7) is 3.28. The summed E-state index contributed by atoms with van der Waals surface area (Å²) in [6, 6.07) is 11.2. The molecule has 10 heteroatoms. The number of ether oxygens (including phenoxy) is 4. The summed E-state index contributed by atoms with van der Waals surface area (Å²) >= 11 is 0. The molecule has 2 aliphatic heterocycles. The molecule has 2 aromatic carbocycles. The van der Waals surface area contributed by atoms with Crippen LogP contribution in [0, 0.1) is 0 Å². The normalized spacial score (nSPS) is 16.9. The zero-order valence-electron chi connectivity index (χ0n) is 21.6. The van der Waals surface area contributed by atoms with Crippen LogP contribution in [0.25, 0.3) is 0 Å². The van der Waals surface area contributed by atoms with Gasteiger partial charge < -0.3 is 39.4 Å². The van der Waals surface area contributed by atoms with Gasteiger partial charge in [-0.1, -0.05) is 6.07 Å². The minimum atomic E-state index is -1.26. The van der Waals surface area contributed by atoms with E-state index in [-0.39, 0.29) is 0 Å². The van der Waals surface area contributed by atoms with E-state index >= 15 is 0 Å². The second kappa shape index (κ2) is 12.6. The molecule has 0 spiro atoms. The lowest BCUT2D eigenvalue weighted by molar-refractivity contribution is -0.134. The van der Waals surface area contributed by atoms with E-state index in [1.807, 2.05) is 18.2 Å². The van der Waals surface area contributed by atoms with Gasteiger partial charge in [0, 0.05) is 48.5 Å². The number of carboxylic acids is 2. The summed E-state index contributed by atoms with van der Waals surface area (Å²) < 4.78 is 22.8. The second-order valence-corrected chi connectivity index (χ2v) is 9.27. The van der Waals surface area contributed by atoms with Crippen molar-refractivity contribution in [2.24, 2.45) is 0 Å². The van der Waals surface area contributed by atoms with Crippen molar-refractivity contribution in [1.82, 2.24) is 5.32 Å². The fourth-order valence-corrected chi connectivity index (χ4v) is 5.23. The third-order valence-electron chi connectivity index (χ3n) is 6.91. The van der Waals surface area contributed by atoms with Gasteiger partial charge in [-0.05, 0) is 49.9 Å². The third kappa shape index (κ3) is 6.49. The van der Waals surface area contributed by atoms with Crippen LogP contribution in [-0.4, -0.2) is 74.8 Å². The van der Waals surface area contributed by atoms with E-state index in [2.05, 4.69) is 22.3 Å². The standard InChI is InChI=1S/C24H30N2O4.C4H4O4/c1-27-21-6-7-22(28-2)19-15-17(14-18(19)21)25-16-8-10-26(11-9-16)20-4-3-5-23-24(20)30-13-12-29-23;5-3(6)1-2-4(7)8/h3-7,16-17,25H,8-15H2,1-2H3;1-2H,(H,5,6)(H,7,8)/b;2-1+. The average Bonchev–Trinajstić information content (AvgIpc) is 3.35. The predicted molar refractivity (Wildman–Crippen MR) is 141 cm³/mol. The number of hydrogen-bond acceptors (Lipinski definition) is 8. The molecule has 1 aliphatic carbocycles. The first-order valence-corrected chi connectivity index (χ1v) is 12.7. The number of hydrogen-bond donors (Lipinski definition) is 3. The van der Waals surface area contributed by atoms with E-state index in [1.165, 1.54) is 11.1 Å². The number of para-hydroxylation sites is 1. The van der Waals surface area contributed by atoms with Gasteiger partial charge in [0.1, 0.15) is 24.7 Å². The molecular formula is C28H34N2O8. The highest BCUT2D eigenvalue weighted by molar-refractivity contribution is 5.89. The van der Waals surface area contributed by atoms with Crippen molar-refractivity contribution in [2.75, 3.05) is 45.4 Å². The van der Waals surface area contributed by atoms with Crippen molar-refractivity contribution in [3.05, 3.63) is 53.6 Å². The van der Waals surface area contributed by atoms with Crippen LogP contribution in [0.3, 0.4) is 0 Å². The Kier molecular flexibility index (Phi) is 8.96. The maximum absolute atomic E-state index is 9.55. The molecule has 1 saturated heterocycles. The van der Waals surface area contributed by atoms with Gasteiger partial charge in [0.25, 0.3) is 0 Å². The number of anilines is 1. The third-order valence-corrected chi connectivity index (χ3v) is 6.91. The number of carboxylic acid groups (broad SMARTS) is 2. The molecule has 3 aliphatic rings. The van der Waals surface area contributed by atoms with E-state index in [0.717, 1.165) is 67.5 Å². The van der Waals surface area contributed by atoms with Crippen molar-refractivity contribution in [3.63, 3.8) is 0 Å². The molecular weight excluding hydrogens is 492 g/mol. The number of methoxy groups -OCH3 is 2. The molecule has 0 bridgehead atoms. The molecule has 1 fully saturated rings. The Hall–Kier alpha value is -3.92. The number of aliphatic carboxylic acids is 2. The summed E-state index contributed by atoms with van der Waals surface area (Å²) in [4.78, 5) is 21.5. The first-order chi connectivity index (χ1) is 18.4. The van der Waals surface area contributed by atoms with Gasteiger partial charge in [-0.3, -0.25) is 0 Å². The summed E-state index contributed by atoms with van der Waals surface area (Å²) in [7, 11) is 3.49. The monoisotopic (exact) mass is 526 g/mol. The Morgan fingerprint density at radius 2 is 1.47 bits per heavy atom. The van der Waals surface area contributed by atoms with Crippen LogP contribution in [0.4, 0.5) is 5.69 Å². The molecule has 2 aromatic rings. The van der Waals surface area contributed by atoms with Crippen LogP contribution >= 0.6 is 0 Å². The molecule has 0 aromatic heterocycles. The molecule has 0 atom stereocenters. The molecule has 0 amide bonds. The van der Waals surface area contributed by atoms with Gasteiger partial charge in [0.15, 0.2) is 11.5 Å². The summed E-state index contributed by atoms with van der Waals surface area (Å²) in [5, 5.41) is 19.5. The second-order valence-electron chi connectivity index (χ2n) is 9.27. The number of carbonyl (C=O) groups is 2. The van der Waals surface area contributed by atoms with Crippen molar-refractivity contribution in [3.8, 4) is 23.0 Å². The minimum Gasteiger partial charge on any atom is -0.496 e. The molecule has 2 heterocycles. The fourth-order valence-electron chi connectivity index (χ4n) is 5.23. The number of piperidine rings is 1. The minimum absolute atomic E-state index is 0.433. The van der Waals surface area contributed by atoms with E-state index in [9.17, 15) is 9.59 Å². The van der Waals surface area contributed by atoms with Gasteiger partial charge >= 0.3 is 11.9 Å². The lowest BCUT2D eigenvalue weighted by Crippen LogP contribution is -2.46. The van der Waals surface area contributed by atoms with Gasteiger partial charge in [0.2, 0.25) is 0 Å². The first-order valence-electron chi connectivity index (χ1n) is 12.7. The zero-order valence-corrected chi connectivity index (χ0v) is 21.6. The Morgan fingerprint density at radius 3 is 2.03 bits per heavy atom. The quantitative estimate of drug-likeness (QED) is 0.464. The number of nitrogens with zero attached hydrogens (tertiary/aromatic N) is 1. The Bertz CT molecular complexity index is 1120. The van der Waals surface area contributed by atoms with E-state index in [0.29, 0.717) is 37.4 Å². The highest BCUT2D eigenvalue weighted by Gasteiger charge is 2.31. The zero-order chi connectivity index (χ0) is 27.1. The summed E-state index contributed by atoms with van der Waals surface area (Å²) in [5.41, 5.74) is 3.74. The number of rotatable bonds is 7. The van der Waals surface area contributed by atoms with Crippen LogP contribution in [0.15, 0.2) is 42.5 Å². The molecule has 204 valence electrons. The van der Waals surface area contributed by atoms with E-state index < -0.39 is 11.9 Å². The number of nitrogens with one attached hydrogen (secondary N) is 1. The highest BCUT2D eigenvalue weighted by atomic mass is 16.6. The van der Waals surface area contributed by atoms with Crippen LogP contribution in [-0.2, 0) is 22.4 Å². The Morgan fingerprint density at radius 1 is 0.895 bits per heavy atom. The number of benzene rings is 2. The Labute approximate surface area is 221 Å². The van der Waals surface area contributed by atoms with Crippen LogP contribution in [0.1, 0.15) is 24.0 Å². The van der Waals surface area contributed by atoms with E-state index in [4.69, 9.17) is 29.2 Å².